The number of imidazole rings is 1. The van der Waals surface area contributed by atoms with Crippen LogP contribution in [0.5, 0.6) is 0 Å². The highest BCUT2D eigenvalue weighted by atomic mass is 15.4. The summed E-state index contributed by atoms with van der Waals surface area (Å²) in [6.45, 7) is 1.41. The lowest BCUT2D eigenvalue weighted by Crippen LogP contribution is -2.13. The molecule has 6 nitrogen and oxygen atoms in total. The monoisotopic (exact) mass is 192 g/mol. The maximum absolute atomic E-state index is 4.09. The molecule has 0 spiro atoms. The first-order valence-corrected chi connectivity index (χ1v) is 4.39. The van der Waals surface area contributed by atoms with Gasteiger partial charge >= 0.3 is 0 Å². The Hall–Kier alpha value is -1.69. The molecule has 2 N–H and O–H groups in total. The molecular weight excluding hydrogens is 180 g/mol. The zero-order valence-electron chi connectivity index (χ0n) is 7.94. The average Bonchev–Trinajstić information content (AvgIpc) is 2.77. The Balaban J connectivity index is 1.78. The molecule has 2 rings (SSSR count). The molecule has 0 atom stereocenters. The summed E-state index contributed by atoms with van der Waals surface area (Å²) in [5.74, 6) is 0.925. The third-order valence-corrected chi connectivity index (χ3v) is 1.80. The first-order valence-electron chi connectivity index (χ1n) is 4.39. The SMILES string of the molecule is Cn1cc(CNCc2ncc[nH]2)nn1. The second-order valence-corrected chi connectivity index (χ2v) is 3.02. The highest BCUT2D eigenvalue weighted by molar-refractivity contribution is 4.92. The molecule has 0 fully saturated rings. The molecule has 0 saturated heterocycles. The minimum Gasteiger partial charge on any atom is -0.348 e. The Kier molecular flexibility index (Phi) is 2.55. The standard InChI is InChI=1S/C8H12N6/c1-14-6-7(12-13-14)4-9-5-8-10-2-3-11-8/h2-3,6,9H,4-5H2,1H3,(H,10,11). The van der Waals surface area contributed by atoms with E-state index in [0.29, 0.717) is 13.1 Å². The predicted molar refractivity (Wildman–Crippen MR) is 50.1 cm³/mol. The molecule has 14 heavy (non-hydrogen) atoms. The number of aryl methyl sites for hydroxylation is 1. The van der Waals surface area contributed by atoms with E-state index in [4.69, 9.17) is 0 Å². The zero-order chi connectivity index (χ0) is 9.80. The lowest BCUT2D eigenvalue weighted by Gasteiger charge is -1.97. The van der Waals surface area contributed by atoms with Gasteiger partial charge in [0.1, 0.15) is 5.82 Å². The summed E-state index contributed by atoms with van der Waals surface area (Å²) >= 11 is 0. The summed E-state index contributed by atoms with van der Waals surface area (Å²) in [7, 11) is 1.85. The summed E-state index contributed by atoms with van der Waals surface area (Å²) in [5.41, 5.74) is 0.930. The van der Waals surface area contributed by atoms with Gasteiger partial charge in [-0.1, -0.05) is 5.21 Å². The number of aromatic nitrogens is 5. The average molecular weight is 192 g/mol. The Morgan fingerprint density at radius 2 is 2.43 bits per heavy atom. The van der Waals surface area contributed by atoms with E-state index in [-0.39, 0.29) is 0 Å². The third kappa shape index (κ3) is 2.17. The van der Waals surface area contributed by atoms with Crippen LogP contribution in [-0.4, -0.2) is 25.0 Å². The first kappa shape index (κ1) is 8.89. The van der Waals surface area contributed by atoms with Crippen LogP contribution in [0.1, 0.15) is 11.5 Å². The van der Waals surface area contributed by atoms with Crippen molar-refractivity contribution < 1.29 is 0 Å². The smallest absolute Gasteiger partial charge is 0.120 e. The first-order chi connectivity index (χ1) is 6.84. The number of aromatic amines is 1. The van der Waals surface area contributed by atoms with Crippen LogP contribution in [0, 0.1) is 0 Å². The normalized spacial score (nSPS) is 10.6. The van der Waals surface area contributed by atoms with E-state index in [0.717, 1.165) is 11.5 Å². The lowest BCUT2D eigenvalue weighted by atomic mass is 10.4. The van der Waals surface area contributed by atoms with E-state index in [1.165, 1.54) is 0 Å². The number of hydrogen-bond acceptors (Lipinski definition) is 4. The zero-order valence-corrected chi connectivity index (χ0v) is 7.94. The number of rotatable bonds is 4. The van der Waals surface area contributed by atoms with E-state index in [9.17, 15) is 0 Å². The van der Waals surface area contributed by atoms with Gasteiger partial charge < -0.3 is 10.3 Å². The Morgan fingerprint density at radius 1 is 1.50 bits per heavy atom. The Bertz CT molecular complexity index is 376. The fraction of sp³-hybridized carbons (Fsp3) is 0.375. The van der Waals surface area contributed by atoms with Crippen molar-refractivity contribution in [2.24, 2.45) is 7.05 Å². The number of nitrogens with zero attached hydrogens (tertiary/aromatic N) is 4. The van der Waals surface area contributed by atoms with Crippen molar-refractivity contribution >= 4 is 0 Å². The lowest BCUT2D eigenvalue weighted by molar-refractivity contribution is 0.654. The van der Waals surface area contributed by atoms with Gasteiger partial charge in [0.2, 0.25) is 0 Å². The number of H-pyrrole nitrogens is 1. The van der Waals surface area contributed by atoms with E-state index >= 15 is 0 Å². The van der Waals surface area contributed by atoms with E-state index in [1.54, 1.807) is 17.1 Å². The molecule has 2 aromatic heterocycles. The topological polar surface area (TPSA) is 71.4 Å². The molecule has 2 heterocycles. The van der Waals surface area contributed by atoms with Crippen molar-refractivity contribution in [3.63, 3.8) is 0 Å². The minimum absolute atomic E-state index is 0.703. The fourth-order valence-corrected chi connectivity index (χ4v) is 1.18. The molecule has 6 heteroatoms. The van der Waals surface area contributed by atoms with E-state index < -0.39 is 0 Å². The molecule has 2 aromatic rings. The molecule has 0 aliphatic heterocycles. The van der Waals surface area contributed by atoms with Crippen molar-refractivity contribution in [2.75, 3.05) is 0 Å². The minimum atomic E-state index is 0.703. The second-order valence-electron chi connectivity index (χ2n) is 3.02. The summed E-state index contributed by atoms with van der Waals surface area (Å²) in [6.07, 6.45) is 5.42. The van der Waals surface area contributed by atoms with Crippen LogP contribution >= 0.6 is 0 Å². The van der Waals surface area contributed by atoms with Gasteiger partial charge in [-0.05, 0) is 0 Å². The van der Waals surface area contributed by atoms with Crippen LogP contribution in [0.15, 0.2) is 18.6 Å². The molecule has 0 saturated carbocycles. The van der Waals surface area contributed by atoms with Gasteiger partial charge in [0.25, 0.3) is 0 Å². The largest absolute Gasteiger partial charge is 0.348 e. The van der Waals surface area contributed by atoms with Gasteiger partial charge in [0.15, 0.2) is 0 Å². The second kappa shape index (κ2) is 4.01. The third-order valence-electron chi connectivity index (χ3n) is 1.80. The number of nitrogens with one attached hydrogen (secondary N) is 2. The molecule has 74 valence electrons. The van der Waals surface area contributed by atoms with Gasteiger partial charge in [-0.25, -0.2) is 4.98 Å². The molecule has 0 unspecified atom stereocenters. The molecule has 0 radical (unpaired) electrons. The van der Waals surface area contributed by atoms with Gasteiger partial charge in [0.05, 0.1) is 12.2 Å². The maximum atomic E-state index is 4.09. The predicted octanol–water partition coefficient (Wildman–Crippen LogP) is -0.172. The van der Waals surface area contributed by atoms with Gasteiger partial charge in [-0.2, -0.15) is 0 Å². The van der Waals surface area contributed by atoms with Crippen molar-refractivity contribution in [1.29, 1.82) is 0 Å². The summed E-state index contributed by atoms with van der Waals surface area (Å²) in [6, 6.07) is 0. The molecule has 0 aliphatic carbocycles. The highest BCUT2D eigenvalue weighted by Gasteiger charge is 1.98. The van der Waals surface area contributed by atoms with Crippen LogP contribution < -0.4 is 5.32 Å². The number of hydrogen-bond donors (Lipinski definition) is 2. The fourth-order valence-electron chi connectivity index (χ4n) is 1.18. The molecule has 0 amide bonds. The summed E-state index contributed by atoms with van der Waals surface area (Å²) in [4.78, 5) is 7.11. The van der Waals surface area contributed by atoms with Gasteiger partial charge in [0, 0.05) is 32.2 Å². The molecule has 0 aliphatic rings. The van der Waals surface area contributed by atoms with Crippen LogP contribution in [0.2, 0.25) is 0 Å². The Morgan fingerprint density at radius 3 is 3.07 bits per heavy atom. The van der Waals surface area contributed by atoms with Crippen LogP contribution in [-0.2, 0) is 20.1 Å². The maximum Gasteiger partial charge on any atom is 0.120 e. The summed E-state index contributed by atoms with van der Waals surface area (Å²) < 4.78 is 1.68. The highest BCUT2D eigenvalue weighted by Crippen LogP contribution is 1.92. The van der Waals surface area contributed by atoms with E-state index in [2.05, 4.69) is 25.6 Å². The molecular formula is C8H12N6. The van der Waals surface area contributed by atoms with E-state index in [1.807, 2.05) is 13.2 Å². The van der Waals surface area contributed by atoms with Crippen LogP contribution in [0.4, 0.5) is 0 Å². The van der Waals surface area contributed by atoms with Crippen molar-refractivity contribution in [3.8, 4) is 0 Å². The molecule has 0 aromatic carbocycles. The summed E-state index contributed by atoms with van der Waals surface area (Å²) in [5, 5.41) is 11.0. The van der Waals surface area contributed by atoms with Gasteiger partial charge in [-0.15, -0.1) is 5.10 Å². The Labute approximate surface area is 81.4 Å². The van der Waals surface area contributed by atoms with Crippen LogP contribution in [0.3, 0.4) is 0 Å². The van der Waals surface area contributed by atoms with Gasteiger partial charge in [-0.3, -0.25) is 4.68 Å². The van der Waals surface area contributed by atoms with Crippen molar-refractivity contribution in [3.05, 3.63) is 30.1 Å². The van der Waals surface area contributed by atoms with Crippen LogP contribution in [0.25, 0.3) is 0 Å². The van der Waals surface area contributed by atoms with Crippen molar-refractivity contribution in [1.82, 2.24) is 30.3 Å². The molecule has 0 bridgehead atoms. The quantitative estimate of drug-likeness (QED) is 0.705. The van der Waals surface area contributed by atoms with Crippen molar-refractivity contribution in [2.45, 2.75) is 13.1 Å².